The van der Waals surface area contributed by atoms with Crippen LogP contribution >= 0.6 is 0 Å². The molecule has 1 heterocycles. The van der Waals surface area contributed by atoms with Crippen LogP contribution in [0.5, 0.6) is 0 Å². The third kappa shape index (κ3) is 2.67. The fourth-order valence-corrected chi connectivity index (χ4v) is 2.46. The second-order valence-electron chi connectivity index (χ2n) is 5.54. The predicted molar refractivity (Wildman–Crippen MR) is 85.9 cm³/mol. The van der Waals surface area contributed by atoms with Crippen LogP contribution in [-0.2, 0) is 9.59 Å². The van der Waals surface area contributed by atoms with Crippen LogP contribution < -0.4 is 5.32 Å². The Hall–Kier alpha value is -3.02. The van der Waals surface area contributed by atoms with E-state index in [0.717, 1.165) is 22.6 Å². The molecule has 122 valence electrons. The van der Waals surface area contributed by atoms with Gasteiger partial charge in [-0.2, -0.15) is 0 Å². The summed E-state index contributed by atoms with van der Waals surface area (Å²) in [5.74, 6) is -3.00. The van der Waals surface area contributed by atoms with Gasteiger partial charge in [-0.15, -0.1) is 0 Å². The van der Waals surface area contributed by atoms with Gasteiger partial charge >= 0.3 is 0 Å². The van der Waals surface area contributed by atoms with Crippen LogP contribution in [-0.4, -0.2) is 23.8 Å². The van der Waals surface area contributed by atoms with Crippen LogP contribution in [0.15, 0.2) is 48.2 Å². The van der Waals surface area contributed by atoms with Crippen LogP contribution in [0.25, 0.3) is 5.57 Å². The maximum atomic E-state index is 13.4. The lowest BCUT2D eigenvalue weighted by Crippen LogP contribution is -2.27. The molecule has 0 fully saturated rings. The first-order chi connectivity index (χ1) is 11.4. The van der Waals surface area contributed by atoms with E-state index >= 15 is 0 Å². The molecule has 1 aliphatic heterocycles. The monoisotopic (exact) mass is 328 g/mol. The minimum Gasteiger partial charge on any atom is -0.350 e. The summed E-state index contributed by atoms with van der Waals surface area (Å²) in [7, 11) is 1.37. The lowest BCUT2D eigenvalue weighted by Gasteiger charge is -2.09. The maximum Gasteiger partial charge on any atom is 0.277 e. The predicted octanol–water partition coefficient (Wildman–Crippen LogP) is 3.10. The molecule has 3 rings (SSSR count). The molecule has 0 aliphatic carbocycles. The van der Waals surface area contributed by atoms with Gasteiger partial charge in [-0.3, -0.25) is 14.5 Å². The van der Waals surface area contributed by atoms with Gasteiger partial charge in [-0.1, -0.05) is 29.8 Å². The van der Waals surface area contributed by atoms with Gasteiger partial charge < -0.3 is 5.32 Å². The number of benzene rings is 2. The van der Waals surface area contributed by atoms with E-state index in [-0.39, 0.29) is 17.0 Å². The Morgan fingerprint density at radius 1 is 0.917 bits per heavy atom. The van der Waals surface area contributed by atoms with E-state index in [1.54, 1.807) is 12.1 Å². The molecular weight excluding hydrogens is 314 g/mol. The highest BCUT2D eigenvalue weighted by atomic mass is 19.2. The highest BCUT2D eigenvalue weighted by molar-refractivity contribution is 6.36. The first kappa shape index (κ1) is 15.9. The van der Waals surface area contributed by atoms with Crippen molar-refractivity contribution in [3.63, 3.8) is 0 Å². The molecule has 6 heteroatoms. The number of hydrogen-bond acceptors (Lipinski definition) is 3. The van der Waals surface area contributed by atoms with Crippen LogP contribution in [0, 0.1) is 18.6 Å². The molecule has 1 N–H and O–H groups in total. The molecule has 2 aromatic carbocycles. The van der Waals surface area contributed by atoms with Crippen molar-refractivity contribution in [2.24, 2.45) is 0 Å². The molecule has 0 bridgehead atoms. The zero-order valence-corrected chi connectivity index (χ0v) is 13.1. The van der Waals surface area contributed by atoms with Gasteiger partial charge in [0, 0.05) is 18.8 Å². The zero-order chi connectivity index (χ0) is 17.4. The van der Waals surface area contributed by atoms with Crippen molar-refractivity contribution < 1.29 is 18.4 Å². The van der Waals surface area contributed by atoms with Crippen LogP contribution in [0.3, 0.4) is 0 Å². The second kappa shape index (κ2) is 5.88. The Morgan fingerprint density at radius 3 is 2.21 bits per heavy atom. The van der Waals surface area contributed by atoms with Gasteiger partial charge in [0.2, 0.25) is 0 Å². The molecule has 24 heavy (non-hydrogen) atoms. The van der Waals surface area contributed by atoms with Crippen LogP contribution in [0.4, 0.5) is 14.5 Å². The van der Waals surface area contributed by atoms with E-state index in [1.165, 1.54) is 13.1 Å². The number of carbonyl (C=O) groups is 2. The SMILES string of the molecule is Cc1ccc(C2=C(Nc3ccc(F)c(F)c3)C(=O)N(C)C2=O)cc1. The van der Waals surface area contributed by atoms with Gasteiger partial charge in [0.05, 0.1) is 5.57 Å². The van der Waals surface area contributed by atoms with Crippen molar-refractivity contribution in [1.29, 1.82) is 0 Å². The summed E-state index contributed by atoms with van der Waals surface area (Å²) < 4.78 is 26.4. The lowest BCUT2D eigenvalue weighted by molar-refractivity contribution is -0.135. The van der Waals surface area contributed by atoms with Crippen molar-refractivity contribution in [2.75, 3.05) is 12.4 Å². The number of amides is 2. The highest BCUT2D eigenvalue weighted by Gasteiger charge is 2.36. The summed E-state index contributed by atoms with van der Waals surface area (Å²) in [5, 5.41) is 2.74. The quantitative estimate of drug-likeness (QED) is 0.881. The van der Waals surface area contributed by atoms with Crippen molar-refractivity contribution in [2.45, 2.75) is 6.92 Å². The van der Waals surface area contributed by atoms with Crippen molar-refractivity contribution >= 4 is 23.1 Å². The third-order valence-electron chi connectivity index (χ3n) is 3.82. The number of halogens is 2. The van der Waals surface area contributed by atoms with E-state index < -0.39 is 23.4 Å². The van der Waals surface area contributed by atoms with Crippen molar-refractivity contribution in [3.8, 4) is 0 Å². The summed E-state index contributed by atoms with van der Waals surface area (Å²) in [4.78, 5) is 25.7. The van der Waals surface area contributed by atoms with Crippen molar-refractivity contribution in [3.05, 3.63) is 70.9 Å². The van der Waals surface area contributed by atoms with Gasteiger partial charge in [0.1, 0.15) is 5.70 Å². The molecule has 1 aliphatic rings. The number of rotatable bonds is 3. The smallest absolute Gasteiger partial charge is 0.277 e. The number of anilines is 1. The van der Waals surface area contributed by atoms with E-state index in [4.69, 9.17) is 0 Å². The number of nitrogens with one attached hydrogen (secondary N) is 1. The van der Waals surface area contributed by atoms with E-state index in [1.807, 2.05) is 19.1 Å². The molecule has 0 atom stereocenters. The summed E-state index contributed by atoms with van der Waals surface area (Å²) in [6.45, 7) is 1.91. The van der Waals surface area contributed by atoms with Crippen LogP contribution in [0.2, 0.25) is 0 Å². The maximum absolute atomic E-state index is 13.4. The Balaban J connectivity index is 2.08. The first-order valence-corrected chi connectivity index (χ1v) is 7.24. The molecule has 2 amide bonds. The zero-order valence-electron chi connectivity index (χ0n) is 13.1. The van der Waals surface area contributed by atoms with E-state index in [0.29, 0.717) is 5.56 Å². The number of hydrogen-bond donors (Lipinski definition) is 1. The Bertz CT molecular complexity index is 873. The molecule has 2 aromatic rings. The lowest BCUT2D eigenvalue weighted by atomic mass is 10.0. The largest absolute Gasteiger partial charge is 0.350 e. The molecule has 0 aromatic heterocycles. The van der Waals surface area contributed by atoms with Crippen LogP contribution in [0.1, 0.15) is 11.1 Å². The Labute approximate surface area is 137 Å². The van der Waals surface area contributed by atoms with Gasteiger partial charge in [0.25, 0.3) is 11.8 Å². The van der Waals surface area contributed by atoms with Gasteiger partial charge in [-0.05, 0) is 24.6 Å². The molecule has 0 saturated heterocycles. The number of nitrogens with zero attached hydrogens (tertiary/aromatic N) is 1. The molecule has 0 saturated carbocycles. The third-order valence-corrected chi connectivity index (χ3v) is 3.82. The standard InChI is InChI=1S/C18H14F2N2O2/c1-10-3-5-11(6-4-10)15-16(18(24)22(2)17(15)23)21-12-7-8-13(19)14(20)9-12/h3-9,21H,1-2H3. The average Bonchev–Trinajstić information content (AvgIpc) is 2.76. The Kier molecular flexibility index (Phi) is 3.89. The topological polar surface area (TPSA) is 49.4 Å². The van der Waals surface area contributed by atoms with E-state index in [2.05, 4.69) is 5.32 Å². The fraction of sp³-hybridized carbons (Fsp3) is 0.111. The van der Waals surface area contributed by atoms with E-state index in [9.17, 15) is 18.4 Å². The number of imide groups is 1. The summed E-state index contributed by atoms with van der Waals surface area (Å²) in [5.41, 5.74) is 2.02. The van der Waals surface area contributed by atoms with Gasteiger partial charge in [0.15, 0.2) is 11.6 Å². The summed E-state index contributed by atoms with van der Waals surface area (Å²) in [6.07, 6.45) is 0. The van der Waals surface area contributed by atoms with Gasteiger partial charge in [-0.25, -0.2) is 8.78 Å². The highest BCUT2D eigenvalue weighted by Crippen LogP contribution is 2.30. The fourth-order valence-electron chi connectivity index (χ4n) is 2.46. The average molecular weight is 328 g/mol. The first-order valence-electron chi connectivity index (χ1n) is 7.24. The molecular formula is C18H14F2N2O2. The minimum atomic E-state index is -1.04. The molecule has 4 nitrogen and oxygen atoms in total. The number of likely N-dealkylation sites (N-methyl/N-ethyl adjacent to an activating group) is 1. The second-order valence-corrected chi connectivity index (χ2v) is 5.54. The molecule has 0 spiro atoms. The summed E-state index contributed by atoms with van der Waals surface area (Å²) in [6, 6.07) is 10.3. The summed E-state index contributed by atoms with van der Waals surface area (Å²) >= 11 is 0. The molecule has 0 unspecified atom stereocenters. The Morgan fingerprint density at radius 2 is 1.58 bits per heavy atom. The number of aryl methyl sites for hydroxylation is 1. The number of carbonyl (C=O) groups excluding carboxylic acids is 2. The molecule has 0 radical (unpaired) electrons. The normalized spacial score (nSPS) is 14.6. The minimum absolute atomic E-state index is 0.0392. The van der Waals surface area contributed by atoms with Crippen molar-refractivity contribution in [1.82, 2.24) is 4.90 Å².